The van der Waals surface area contributed by atoms with Gasteiger partial charge in [-0.3, -0.25) is 9.59 Å². The number of nitrogens with one attached hydrogen (secondary N) is 1. The van der Waals surface area contributed by atoms with Crippen molar-refractivity contribution in [3.05, 3.63) is 53.6 Å². The Bertz CT molecular complexity index is 787. The van der Waals surface area contributed by atoms with Crippen molar-refractivity contribution < 1.29 is 14.3 Å². The zero-order valence-corrected chi connectivity index (χ0v) is 15.8. The van der Waals surface area contributed by atoms with Crippen LogP contribution < -0.4 is 15.0 Å². The quantitative estimate of drug-likeness (QED) is 0.815. The number of rotatable bonds is 7. The molecule has 5 heteroatoms. The molecule has 0 aliphatic heterocycles. The first-order valence-electron chi connectivity index (χ1n) is 8.79. The second-order valence-electron chi connectivity index (χ2n) is 6.19. The van der Waals surface area contributed by atoms with E-state index >= 15 is 0 Å². The molecule has 0 saturated carbocycles. The molecule has 0 unspecified atom stereocenters. The minimum atomic E-state index is -0.128. The number of para-hydroxylation sites is 2. The Labute approximate surface area is 155 Å². The van der Waals surface area contributed by atoms with E-state index in [1.807, 2.05) is 63.2 Å². The molecule has 2 rings (SSSR count). The van der Waals surface area contributed by atoms with Crippen molar-refractivity contribution in [3.8, 4) is 5.75 Å². The Morgan fingerprint density at radius 2 is 1.85 bits per heavy atom. The van der Waals surface area contributed by atoms with Gasteiger partial charge in [0.05, 0.1) is 12.3 Å². The molecule has 138 valence electrons. The van der Waals surface area contributed by atoms with Crippen molar-refractivity contribution in [2.24, 2.45) is 0 Å². The summed E-state index contributed by atoms with van der Waals surface area (Å²) in [7, 11) is 0. The molecule has 0 atom stereocenters. The smallest absolute Gasteiger partial charge is 0.226 e. The molecular weight excluding hydrogens is 328 g/mol. The van der Waals surface area contributed by atoms with Crippen molar-refractivity contribution in [3.63, 3.8) is 0 Å². The van der Waals surface area contributed by atoms with Crippen molar-refractivity contribution in [1.29, 1.82) is 0 Å². The van der Waals surface area contributed by atoms with E-state index in [1.165, 1.54) is 6.92 Å². The monoisotopic (exact) mass is 354 g/mol. The number of carbonyl (C=O) groups is 2. The van der Waals surface area contributed by atoms with Gasteiger partial charge in [0.15, 0.2) is 0 Å². The van der Waals surface area contributed by atoms with Crippen LogP contribution in [0.1, 0.15) is 31.4 Å². The fourth-order valence-corrected chi connectivity index (χ4v) is 2.79. The number of aryl methyl sites for hydroxylation is 2. The summed E-state index contributed by atoms with van der Waals surface area (Å²) < 4.78 is 5.60. The van der Waals surface area contributed by atoms with Crippen LogP contribution in [0.5, 0.6) is 5.75 Å². The zero-order chi connectivity index (χ0) is 19.1. The van der Waals surface area contributed by atoms with E-state index in [1.54, 1.807) is 4.90 Å². The van der Waals surface area contributed by atoms with Crippen LogP contribution in [0.3, 0.4) is 0 Å². The van der Waals surface area contributed by atoms with E-state index in [0.717, 1.165) is 16.8 Å². The Balaban J connectivity index is 2.07. The topological polar surface area (TPSA) is 58.6 Å². The SMILES string of the molecule is CCOc1ccccc1N(CCC(=O)Nc1ccc(C)cc1C)C(C)=O. The van der Waals surface area contributed by atoms with Gasteiger partial charge >= 0.3 is 0 Å². The summed E-state index contributed by atoms with van der Waals surface area (Å²) in [6.45, 7) is 8.16. The maximum atomic E-state index is 12.3. The van der Waals surface area contributed by atoms with Crippen molar-refractivity contribution in [1.82, 2.24) is 0 Å². The number of benzene rings is 2. The van der Waals surface area contributed by atoms with Gasteiger partial charge < -0.3 is 15.0 Å². The van der Waals surface area contributed by atoms with Crippen LogP contribution in [-0.2, 0) is 9.59 Å². The van der Waals surface area contributed by atoms with Gasteiger partial charge in [0.1, 0.15) is 5.75 Å². The van der Waals surface area contributed by atoms with Gasteiger partial charge in [-0.15, -0.1) is 0 Å². The average Bonchev–Trinajstić information content (AvgIpc) is 2.59. The highest BCUT2D eigenvalue weighted by Gasteiger charge is 2.17. The number of nitrogens with zero attached hydrogens (tertiary/aromatic N) is 1. The zero-order valence-electron chi connectivity index (χ0n) is 15.8. The second kappa shape index (κ2) is 9.04. The summed E-state index contributed by atoms with van der Waals surface area (Å²) >= 11 is 0. The minimum Gasteiger partial charge on any atom is -0.492 e. The molecule has 0 saturated heterocycles. The fraction of sp³-hybridized carbons (Fsp3) is 0.333. The Morgan fingerprint density at radius 1 is 1.12 bits per heavy atom. The van der Waals surface area contributed by atoms with Crippen molar-refractivity contribution >= 4 is 23.2 Å². The van der Waals surface area contributed by atoms with Gasteiger partial charge in [0.2, 0.25) is 11.8 Å². The van der Waals surface area contributed by atoms with Crippen LogP contribution >= 0.6 is 0 Å². The molecule has 0 bridgehead atoms. The van der Waals surface area contributed by atoms with E-state index in [4.69, 9.17) is 4.74 Å². The molecular formula is C21H26N2O3. The van der Waals surface area contributed by atoms with E-state index in [0.29, 0.717) is 18.0 Å². The predicted octanol–water partition coefficient (Wildman–Crippen LogP) is 4.08. The van der Waals surface area contributed by atoms with E-state index < -0.39 is 0 Å². The van der Waals surface area contributed by atoms with Crippen LogP contribution in [0.15, 0.2) is 42.5 Å². The lowest BCUT2D eigenvalue weighted by molar-refractivity contribution is -0.117. The van der Waals surface area contributed by atoms with Gasteiger partial charge in [-0.05, 0) is 44.5 Å². The fourth-order valence-electron chi connectivity index (χ4n) is 2.79. The molecule has 0 aromatic heterocycles. The predicted molar refractivity (Wildman–Crippen MR) is 105 cm³/mol. The third-order valence-electron chi connectivity index (χ3n) is 4.05. The molecule has 0 heterocycles. The molecule has 0 aliphatic rings. The Kier molecular flexibility index (Phi) is 6.78. The summed E-state index contributed by atoms with van der Waals surface area (Å²) in [6, 6.07) is 13.2. The third kappa shape index (κ3) is 5.09. The molecule has 0 spiro atoms. The first-order valence-corrected chi connectivity index (χ1v) is 8.79. The summed E-state index contributed by atoms with van der Waals surface area (Å²) in [5.74, 6) is 0.383. The molecule has 0 aliphatic carbocycles. The maximum absolute atomic E-state index is 12.3. The highest BCUT2D eigenvalue weighted by atomic mass is 16.5. The van der Waals surface area contributed by atoms with Crippen LogP contribution in [0.4, 0.5) is 11.4 Å². The summed E-state index contributed by atoms with van der Waals surface area (Å²) in [4.78, 5) is 26.0. The van der Waals surface area contributed by atoms with Crippen LogP contribution in [0.2, 0.25) is 0 Å². The number of anilines is 2. The normalized spacial score (nSPS) is 10.3. The van der Waals surface area contributed by atoms with E-state index in [2.05, 4.69) is 5.32 Å². The number of amides is 2. The summed E-state index contributed by atoms with van der Waals surface area (Å²) in [6.07, 6.45) is 0.202. The summed E-state index contributed by atoms with van der Waals surface area (Å²) in [5, 5.41) is 2.91. The third-order valence-corrected chi connectivity index (χ3v) is 4.05. The highest BCUT2D eigenvalue weighted by molar-refractivity contribution is 5.96. The van der Waals surface area contributed by atoms with Gasteiger partial charge in [-0.25, -0.2) is 0 Å². The molecule has 1 N–H and O–H groups in total. The van der Waals surface area contributed by atoms with Gasteiger partial charge in [0.25, 0.3) is 0 Å². The molecule has 2 amide bonds. The van der Waals surface area contributed by atoms with E-state index in [9.17, 15) is 9.59 Å². The number of carbonyl (C=O) groups excluding carboxylic acids is 2. The van der Waals surface area contributed by atoms with E-state index in [-0.39, 0.29) is 24.8 Å². The second-order valence-corrected chi connectivity index (χ2v) is 6.19. The van der Waals surface area contributed by atoms with Crippen LogP contribution in [0.25, 0.3) is 0 Å². The Morgan fingerprint density at radius 3 is 2.50 bits per heavy atom. The standard InChI is InChI=1S/C21H26N2O3/c1-5-26-20-9-7-6-8-19(20)23(17(4)24)13-12-21(25)22-18-11-10-15(2)14-16(18)3/h6-11,14H,5,12-13H2,1-4H3,(H,22,25). The minimum absolute atomic E-state index is 0.128. The van der Waals surface area contributed by atoms with Gasteiger partial charge in [-0.2, -0.15) is 0 Å². The molecule has 0 fully saturated rings. The number of ether oxygens (including phenoxy) is 1. The molecule has 2 aromatic rings. The summed E-state index contributed by atoms with van der Waals surface area (Å²) in [5.41, 5.74) is 3.64. The molecule has 26 heavy (non-hydrogen) atoms. The lowest BCUT2D eigenvalue weighted by atomic mass is 10.1. The van der Waals surface area contributed by atoms with Crippen LogP contribution in [-0.4, -0.2) is 25.0 Å². The molecule has 2 aromatic carbocycles. The lowest BCUT2D eigenvalue weighted by Crippen LogP contribution is -2.32. The van der Waals surface area contributed by atoms with Crippen molar-refractivity contribution in [2.45, 2.75) is 34.1 Å². The first-order chi connectivity index (χ1) is 12.4. The largest absolute Gasteiger partial charge is 0.492 e. The van der Waals surface area contributed by atoms with Crippen molar-refractivity contribution in [2.75, 3.05) is 23.4 Å². The van der Waals surface area contributed by atoms with Gasteiger partial charge in [0, 0.05) is 25.6 Å². The highest BCUT2D eigenvalue weighted by Crippen LogP contribution is 2.28. The number of hydrogen-bond donors (Lipinski definition) is 1. The number of hydrogen-bond acceptors (Lipinski definition) is 3. The average molecular weight is 354 g/mol. The van der Waals surface area contributed by atoms with Crippen LogP contribution in [0, 0.1) is 13.8 Å². The Hall–Kier alpha value is -2.82. The maximum Gasteiger partial charge on any atom is 0.226 e. The first kappa shape index (κ1) is 19.5. The van der Waals surface area contributed by atoms with Gasteiger partial charge in [-0.1, -0.05) is 29.8 Å². The lowest BCUT2D eigenvalue weighted by Gasteiger charge is -2.23. The molecule has 0 radical (unpaired) electrons. The molecule has 5 nitrogen and oxygen atoms in total.